The molecule has 1 aromatic rings. The van der Waals surface area contributed by atoms with Crippen LogP contribution < -0.4 is 0 Å². The maximum atomic E-state index is 2.58. The van der Waals surface area contributed by atoms with Gasteiger partial charge in [-0.15, -0.1) is 0 Å². The van der Waals surface area contributed by atoms with Crippen molar-refractivity contribution >= 4 is 0 Å². The summed E-state index contributed by atoms with van der Waals surface area (Å²) in [6.45, 7) is 6.83. The molecule has 1 aliphatic heterocycles. The average molecular weight is 371 g/mol. The Balaban J connectivity index is 1.60. The molecule has 0 amide bonds. The average Bonchev–Trinajstić information content (AvgIpc) is 3.06. The molecule has 2 rings (SSSR count). The van der Waals surface area contributed by atoms with Crippen LogP contribution in [-0.4, -0.2) is 22.5 Å². The fraction of sp³-hybridized carbons (Fsp3) is 0.680. The summed E-state index contributed by atoms with van der Waals surface area (Å²) in [7, 11) is 0. The summed E-state index contributed by atoms with van der Waals surface area (Å²) in [4.78, 5) is 5.10. The van der Waals surface area contributed by atoms with Crippen molar-refractivity contribution in [2.24, 2.45) is 0 Å². The van der Waals surface area contributed by atoms with E-state index >= 15 is 0 Å². The van der Waals surface area contributed by atoms with E-state index in [1.54, 1.807) is 0 Å². The summed E-state index contributed by atoms with van der Waals surface area (Å²) in [5.41, 5.74) is 1.41. The molecule has 1 unspecified atom stereocenters. The first-order valence-corrected chi connectivity index (χ1v) is 11.6. The summed E-state index contributed by atoms with van der Waals surface area (Å²) in [6.07, 6.45) is 21.8. The summed E-state index contributed by atoms with van der Waals surface area (Å²) >= 11 is 0. The van der Waals surface area contributed by atoms with E-state index in [9.17, 15) is 0 Å². The molecular formula is C25H42N2. The zero-order valence-electron chi connectivity index (χ0n) is 17.9. The molecule has 0 bridgehead atoms. The number of rotatable bonds is 15. The topological polar surface area (TPSA) is 6.48 Å². The number of unbranched alkanes of at least 4 members (excludes halogenated alkanes) is 9. The molecule has 152 valence electrons. The normalized spacial score (nSPS) is 16.4. The third-order valence-corrected chi connectivity index (χ3v) is 5.74. The van der Waals surface area contributed by atoms with Crippen LogP contribution >= 0.6 is 0 Å². The predicted molar refractivity (Wildman–Crippen MR) is 118 cm³/mol. The molecule has 1 atom stereocenters. The van der Waals surface area contributed by atoms with E-state index in [1.165, 1.54) is 89.2 Å². The third kappa shape index (κ3) is 8.41. The van der Waals surface area contributed by atoms with Gasteiger partial charge in [-0.1, -0.05) is 108 Å². The van der Waals surface area contributed by atoms with Crippen molar-refractivity contribution in [1.29, 1.82) is 0 Å². The molecule has 1 aliphatic rings. The molecule has 0 N–H and O–H groups in total. The Hall–Kier alpha value is -1.44. The summed E-state index contributed by atoms with van der Waals surface area (Å²) < 4.78 is 0. The standard InChI is InChI=1S/C25H42N2/c1-3-5-6-7-8-9-10-11-12-16-20-26-21-22-27(25(26)17-4-2)23-24-18-14-13-15-19-24/h13-15,18-19,21-22,25H,3-12,16-17,20,23H2,1-2H3. The monoisotopic (exact) mass is 370 g/mol. The van der Waals surface area contributed by atoms with Gasteiger partial charge in [0.05, 0.1) is 0 Å². The van der Waals surface area contributed by atoms with E-state index in [0.717, 1.165) is 6.54 Å². The Labute approximate surface area is 168 Å². The largest absolute Gasteiger partial charge is 0.356 e. The molecule has 0 saturated carbocycles. The van der Waals surface area contributed by atoms with E-state index in [2.05, 4.69) is 66.4 Å². The van der Waals surface area contributed by atoms with Gasteiger partial charge in [-0.05, 0) is 18.4 Å². The van der Waals surface area contributed by atoms with Crippen LogP contribution in [0.5, 0.6) is 0 Å². The Morgan fingerprint density at radius 1 is 0.667 bits per heavy atom. The van der Waals surface area contributed by atoms with Crippen molar-refractivity contribution in [3.63, 3.8) is 0 Å². The first-order valence-electron chi connectivity index (χ1n) is 11.6. The van der Waals surface area contributed by atoms with Crippen molar-refractivity contribution in [2.45, 2.75) is 104 Å². The number of nitrogens with zero attached hydrogens (tertiary/aromatic N) is 2. The lowest BCUT2D eigenvalue weighted by Crippen LogP contribution is -2.38. The molecule has 1 heterocycles. The van der Waals surface area contributed by atoms with Gasteiger partial charge >= 0.3 is 0 Å². The lowest BCUT2D eigenvalue weighted by Gasteiger charge is -2.33. The fourth-order valence-electron chi connectivity index (χ4n) is 4.11. The van der Waals surface area contributed by atoms with Gasteiger partial charge in [-0.2, -0.15) is 0 Å². The van der Waals surface area contributed by atoms with Gasteiger partial charge in [0.15, 0.2) is 0 Å². The van der Waals surface area contributed by atoms with Gasteiger partial charge in [-0.3, -0.25) is 0 Å². The Morgan fingerprint density at radius 3 is 1.89 bits per heavy atom. The molecular weight excluding hydrogens is 328 g/mol. The molecule has 0 fully saturated rings. The van der Waals surface area contributed by atoms with Crippen LogP contribution in [0.2, 0.25) is 0 Å². The van der Waals surface area contributed by atoms with Gasteiger partial charge in [-0.25, -0.2) is 0 Å². The molecule has 0 radical (unpaired) electrons. The smallest absolute Gasteiger partial charge is 0.101 e. The molecule has 0 saturated heterocycles. The van der Waals surface area contributed by atoms with E-state index in [1.807, 2.05) is 0 Å². The van der Waals surface area contributed by atoms with E-state index in [0.29, 0.717) is 6.17 Å². The number of hydrogen-bond donors (Lipinski definition) is 0. The third-order valence-electron chi connectivity index (χ3n) is 5.74. The van der Waals surface area contributed by atoms with E-state index in [-0.39, 0.29) is 0 Å². The van der Waals surface area contributed by atoms with Gasteiger partial charge in [0.25, 0.3) is 0 Å². The van der Waals surface area contributed by atoms with Gasteiger partial charge in [0, 0.05) is 25.5 Å². The predicted octanol–water partition coefficient (Wildman–Crippen LogP) is 7.32. The minimum atomic E-state index is 0.550. The second-order valence-electron chi connectivity index (χ2n) is 8.15. The Bertz CT molecular complexity index is 496. The van der Waals surface area contributed by atoms with Gasteiger partial charge in [0.2, 0.25) is 0 Å². The second kappa shape index (κ2) is 13.7. The Kier molecular flexibility index (Phi) is 11.1. The van der Waals surface area contributed by atoms with Gasteiger partial charge in [0.1, 0.15) is 6.17 Å². The van der Waals surface area contributed by atoms with Crippen molar-refractivity contribution in [1.82, 2.24) is 9.80 Å². The molecule has 2 nitrogen and oxygen atoms in total. The van der Waals surface area contributed by atoms with E-state index < -0.39 is 0 Å². The van der Waals surface area contributed by atoms with Crippen LogP contribution in [0.1, 0.15) is 96.5 Å². The zero-order chi connectivity index (χ0) is 19.2. The minimum Gasteiger partial charge on any atom is -0.356 e. The van der Waals surface area contributed by atoms with Crippen molar-refractivity contribution in [3.8, 4) is 0 Å². The van der Waals surface area contributed by atoms with Crippen LogP contribution in [0, 0.1) is 0 Å². The molecule has 27 heavy (non-hydrogen) atoms. The molecule has 0 spiro atoms. The van der Waals surface area contributed by atoms with Crippen LogP contribution in [0.25, 0.3) is 0 Å². The maximum absolute atomic E-state index is 2.58. The van der Waals surface area contributed by atoms with E-state index in [4.69, 9.17) is 0 Å². The summed E-state index contributed by atoms with van der Waals surface area (Å²) in [6, 6.07) is 10.9. The molecule has 2 heteroatoms. The molecule has 0 aliphatic carbocycles. The highest BCUT2D eigenvalue weighted by molar-refractivity contribution is 5.15. The van der Waals surface area contributed by atoms with Crippen LogP contribution in [0.15, 0.2) is 42.7 Å². The van der Waals surface area contributed by atoms with Crippen LogP contribution in [0.4, 0.5) is 0 Å². The second-order valence-corrected chi connectivity index (χ2v) is 8.15. The highest BCUT2D eigenvalue weighted by Crippen LogP contribution is 2.23. The first-order chi connectivity index (χ1) is 13.3. The zero-order valence-corrected chi connectivity index (χ0v) is 17.9. The van der Waals surface area contributed by atoms with Crippen molar-refractivity contribution < 1.29 is 0 Å². The number of hydrogen-bond acceptors (Lipinski definition) is 2. The van der Waals surface area contributed by atoms with Crippen LogP contribution in [0.3, 0.4) is 0 Å². The molecule has 1 aromatic carbocycles. The Morgan fingerprint density at radius 2 is 1.26 bits per heavy atom. The first kappa shape index (κ1) is 21.9. The highest BCUT2D eigenvalue weighted by Gasteiger charge is 2.24. The highest BCUT2D eigenvalue weighted by atomic mass is 15.4. The lowest BCUT2D eigenvalue weighted by atomic mass is 10.1. The summed E-state index contributed by atoms with van der Waals surface area (Å²) in [5.74, 6) is 0. The van der Waals surface area contributed by atoms with Crippen molar-refractivity contribution in [3.05, 3.63) is 48.3 Å². The van der Waals surface area contributed by atoms with Crippen molar-refractivity contribution in [2.75, 3.05) is 6.54 Å². The lowest BCUT2D eigenvalue weighted by molar-refractivity contribution is 0.134. The number of benzene rings is 1. The SMILES string of the molecule is CCCCCCCCCCCCN1C=CN(Cc2ccccc2)C1CCC. The maximum Gasteiger partial charge on any atom is 0.101 e. The van der Waals surface area contributed by atoms with Gasteiger partial charge < -0.3 is 9.80 Å². The quantitative estimate of drug-likeness (QED) is 0.298. The fourth-order valence-corrected chi connectivity index (χ4v) is 4.11. The summed E-state index contributed by atoms with van der Waals surface area (Å²) in [5, 5.41) is 0. The molecule has 0 aromatic heterocycles. The van der Waals surface area contributed by atoms with Crippen LogP contribution in [-0.2, 0) is 6.54 Å². The minimum absolute atomic E-state index is 0.550.